The molecule has 3 rings (SSSR count). The molecule has 0 unspecified atom stereocenters. The third kappa shape index (κ3) is 2.42. The summed E-state index contributed by atoms with van der Waals surface area (Å²) in [5.41, 5.74) is 0.490. The van der Waals surface area contributed by atoms with Gasteiger partial charge in [-0.05, 0) is 49.4 Å². The van der Waals surface area contributed by atoms with Crippen LogP contribution in [-0.4, -0.2) is 18.7 Å². The first-order valence-corrected chi connectivity index (χ1v) is 9.23. The molecular weight excluding hydrogens is 288 g/mol. The van der Waals surface area contributed by atoms with Crippen molar-refractivity contribution in [2.75, 3.05) is 7.11 Å². The minimum absolute atomic E-state index is 0.104. The van der Waals surface area contributed by atoms with E-state index in [1.807, 2.05) is 0 Å². The van der Waals surface area contributed by atoms with Crippen LogP contribution in [0.4, 0.5) is 0 Å². The number of ether oxygens (including phenoxy) is 2. The molecule has 0 aromatic heterocycles. The second-order valence-corrected chi connectivity index (χ2v) is 8.92. The van der Waals surface area contributed by atoms with E-state index >= 15 is 0 Å². The molecule has 0 bridgehead atoms. The average molecular weight is 320 g/mol. The van der Waals surface area contributed by atoms with Crippen molar-refractivity contribution in [1.29, 1.82) is 0 Å². The zero-order valence-corrected chi connectivity index (χ0v) is 15.4. The van der Waals surface area contributed by atoms with Crippen molar-refractivity contribution < 1.29 is 14.3 Å². The van der Waals surface area contributed by atoms with Crippen LogP contribution in [0.3, 0.4) is 0 Å². The summed E-state index contributed by atoms with van der Waals surface area (Å²) in [7, 11) is 1.42. The molecule has 1 saturated heterocycles. The van der Waals surface area contributed by atoms with Gasteiger partial charge in [0.2, 0.25) is 0 Å². The van der Waals surface area contributed by atoms with Gasteiger partial charge in [-0.3, -0.25) is 0 Å². The number of hydrogen-bond acceptors (Lipinski definition) is 3. The predicted octanol–water partition coefficient (Wildman–Crippen LogP) is 4.86. The summed E-state index contributed by atoms with van der Waals surface area (Å²) in [6.07, 6.45) is 9.86. The lowest BCUT2D eigenvalue weighted by molar-refractivity contribution is -0.203. The SMILES string of the molecule is COC(=O)/C=C1\CC[C@@]2(O1)[C@H](C)CC[C@H]1C(C)(C)CCC[C@@]12C. The van der Waals surface area contributed by atoms with Gasteiger partial charge in [-0.25, -0.2) is 4.79 Å². The van der Waals surface area contributed by atoms with Crippen LogP contribution in [0.15, 0.2) is 11.8 Å². The number of hydrogen-bond donors (Lipinski definition) is 0. The van der Waals surface area contributed by atoms with Crippen LogP contribution in [0, 0.1) is 22.7 Å². The number of rotatable bonds is 1. The predicted molar refractivity (Wildman–Crippen MR) is 90.8 cm³/mol. The lowest BCUT2D eigenvalue weighted by atomic mass is 9.44. The molecule has 0 aromatic rings. The van der Waals surface area contributed by atoms with Crippen molar-refractivity contribution in [3.05, 3.63) is 11.8 Å². The standard InChI is InChI=1S/C20H32O3/c1-14-7-8-16-18(2,3)10-6-11-19(16,4)20(14)12-9-15(23-20)13-17(21)22-5/h13-14,16H,6-12H2,1-5H3/b15-13+/t14-,16+,19+,20-/m1/s1. The number of carbonyl (C=O) groups is 1. The van der Waals surface area contributed by atoms with E-state index in [4.69, 9.17) is 9.47 Å². The van der Waals surface area contributed by atoms with E-state index in [9.17, 15) is 4.79 Å². The van der Waals surface area contributed by atoms with E-state index in [0.29, 0.717) is 17.3 Å². The molecule has 3 fully saturated rings. The van der Waals surface area contributed by atoms with Crippen molar-refractivity contribution in [3.8, 4) is 0 Å². The summed E-state index contributed by atoms with van der Waals surface area (Å²) in [5.74, 6) is 1.78. The van der Waals surface area contributed by atoms with Crippen molar-refractivity contribution >= 4 is 5.97 Å². The molecule has 3 nitrogen and oxygen atoms in total. The van der Waals surface area contributed by atoms with E-state index in [2.05, 4.69) is 27.7 Å². The normalized spacial score (nSPS) is 44.0. The lowest BCUT2D eigenvalue weighted by Gasteiger charge is -2.63. The van der Waals surface area contributed by atoms with Gasteiger partial charge in [0.05, 0.1) is 13.2 Å². The number of methoxy groups -OCH3 is 1. The Morgan fingerprint density at radius 3 is 2.65 bits per heavy atom. The molecule has 4 atom stereocenters. The van der Waals surface area contributed by atoms with E-state index in [0.717, 1.165) is 18.6 Å². The molecule has 3 heteroatoms. The largest absolute Gasteiger partial charge is 0.490 e. The van der Waals surface area contributed by atoms with E-state index < -0.39 is 0 Å². The van der Waals surface area contributed by atoms with Gasteiger partial charge in [-0.2, -0.15) is 0 Å². The molecule has 0 N–H and O–H groups in total. The van der Waals surface area contributed by atoms with E-state index in [-0.39, 0.29) is 17.0 Å². The molecule has 0 amide bonds. The van der Waals surface area contributed by atoms with E-state index in [1.165, 1.54) is 39.2 Å². The zero-order chi connectivity index (χ0) is 16.9. The highest BCUT2D eigenvalue weighted by atomic mass is 16.5. The molecule has 130 valence electrons. The minimum Gasteiger partial charge on any atom is -0.490 e. The second-order valence-electron chi connectivity index (χ2n) is 8.92. The van der Waals surface area contributed by atoms with Crippen molar-refractivity contribution in [1.82, 2.24) is 0 Å². The number of carbonyl (C=O) groups excluding carboxylic acids is 1. The molecule has 1 spiro atoms. The average Bonchev–Trinajstić information content (AvgIpc) is 2.90. The summed E-state index contributed by atoms with van der Waals surface area (Å²) in [6.45, 7) is 9.71. The molecule has 23 heavy (non-hydrogen) atoms. The van der Waals surface area contributed by atoms with Gasteiger partial charge in [0.15, 0.2) is 0 Å². The van der Waals surface area contributed by atoms with Crippen LogP contribution in [0.1, 0.15) is 72.6 Å². The fraction of sp³-hybridized carbons (Fsp3) is 0.850. The Bertz CT molecular complexity index is 521. The maximum atomic E-state index is 11.6. The Kier molecular flexibility index (Phi) is 4.05. The maximum absolute atomic E-state index is 11.6. The van der Waals surface area contributed by atoms with Gasteiger partial charge < -0.3 is 9.47 Å². The fourth-order valence-corrected chi connectivity index (χ4v) is 6.24. The maximum Gasteiger partial charge on any atom is 0.333 e. The van der Waals surface area contributed by atoms with Gasteiger partial charge in [-0.1, -0.05) is 34.1 Å². The van der Waals surface area contributed by atoms with Crippen LogP contribution in [0.5, 0.6) is 0 Å². The van der Waals surface area contributed by atoms with Crippen LogP contribution < -0.4 is 0 Å². The zero-order valence-electron chi connectivity index (χ0n) is 15.4. The van der Waals surface area contributed by atoms with Crippen LogP contribution in [0.2, 0.25) is 0 Å². The molecular formula is C20H32O3. The monoisotopic (exact) mass is 320 g/mol. The van der Waals surface area contributed by atoms with Crippen LogP contribution >= 0.6 is 0 Å². The third-order valence-corrected chi connectivity index (χ3v) is 7.42. The van der Waals surface area contributed by atoms with Crippen molar-refractivity contribution in [2.45, 2.75) is 78.2 Å². The Balaban J connectivity index is 1.96. The third-order valence-electron chi connectivity index (χ3n) is 7.42. The highest BCUT2D eigenvalue weighted by Gasteiger charge is 2.64. The fourth-order valence-electron chi connectivity index (χ4n) is 6.24. The lowest BCUT2D eigenvalue weighted by Crippen LogP contribution is -2.61. The Morgan fingerprint density at radius 2 is 1.96 bits per heavy atom. The van der Waals surface area contributed by atoms with Crippen LogP contribution in [-0.2, 0) is 14.3 Å². The minimum atomic E-state index is -0.300. The van der Waals surface area contributed by atoms with Crippen LogP contribution in [0.25, 0.3) is 0 Å². The smallest absolute Gasteiger partial charge is 0.333 e. The Morgan fingerprint density at radius 1 is 1.22 bits per heavy atom. The summed E-state index contributed by atoms with van der Waals surface area (Å²) < 4.78 is 11.4. The summed E-state index contributed by atoms with van der Waals surface area (Å²) in [4.78, 5) is 11.6. The molecule has 2 aliphatic carbocycles. The second kappa shape index (κ2) is 5.53. The van der Waals surface area contributed by atoms with Gasteiger partial charge in [-0.15, -0.1) is 0 Å². The molecule has 3 aliphatic rings. The topological polar surface area (TPSA) is 35.5 Å². The quantitative estimate of drug-likeness (QED) is 0.511. The molecule has 0 radical (unpaired) electrons. The highest BCUT2D eigenvalue weighted by molar-refractivity contribution is 5.82. The number of fused-ring (bicyclic) bond motifs is 2. The summed E-state index contributed by atoms with van der Waals surface area (Å²) >= 11 is 0. The van der Waals surface area contributed by atoms with Gasteiger partial charge in [0.25, 0.3) is 0 Å². The first kappa shape index (κ1) is 16.9. The summed E-state index contributed by atoms with van der Waals surface area (Å²) in [5, 5.41) is 0. The molecule has 1 heterocycles. The highest BCUT2D eigenvalue weighted by Crippen LogP contribution is 2.66. The first-order chi connectivity index (χ1) is 10.7. The van der Waals surface area contributed by atoms with Gasteiger partial charge in [0.1, 0.15) is 11.4 Å². The Labute approximate surface area is 140 Å². The Hall–Kier alpha value is -0.990. The molecule has 1 aliphatic heterocycles. The number of esters is 1. The molecule has 0 aromatic carbocycles. The first-order valence-electron chi connectivity index (χ1n) is 9.23. The van der Waals surface area contributed by atoms with Crippen molar-refractivity contribution in [3.63, 3.8) is 0 Å². The van der Waals surface area contributed by atoms with Gasteiger partial charge >= 0.3 is 5.97 Å². The number of allylic oxidation sites excluding steroid dienone is 1. The van der Waals surface area contributed by atoms with Crippen molar-refractivity contribution in [2.24, 2.45) is 22.7 Å². The van der Waals surface area contributed by atoms with E-state index in [1.54, 1.807) is 6.08 Å². The molecule has 2 saturated carbocycles. The summed E-state index contributed by atoms with van der Waals surface area (Å²) in [6, 6.07) is 0. The van der Waals surface area contributed by atoms with Gasteiger partial charge in [0, 0.05) is 11.8 Å².